The third-order valence-electron chi connectivity index (χ3n) is 6.30. The van der Waals surface area contributed by atoms with Crippen LogP contribution in [-0.4, -0.2) is 34.7 Å². The van der Waals surface area contributed by atoms with Crippen LogP contribution in [0, 0.1) is 11.8 Å². The molecule has 5 aliphatic rings. The molecule has 2 unspecified atom stereocenters. The van der Waals surface area contributed by atoms with E-state index in [9.17, 15) is 9.59 Å². The van der Waals surface area contributed by atoms with E-state index in [-0.39, 0.29) is 0 Å². The minimum atomic E-state index is -1.26. The maximum absolute atomic E-state index is 9.55. The smallest absolute Gasteiger partial charge is 0.328 e. The zero-order valence-electron chi connectivity index (χ0n) is 16.7. The predicted octanol–water partition coefficient (Wildman–Crippen LogP) is 3.27. The lowest BCUT2D eigenvalue weighted by molar-refractivity contribution is -0.134. The number of hydrogen-bond donors (Lipinski definition) is 4. The van der Waals surface area contributed by atoms with Gasteiger partial charge in [-0.25, -0.2) is 9.59 Å². The molecule has 2 heterocycles. The average molecular weight is 396 g/mol. The van der Waals surface area contributed by atoms with Crippen LogP contribution in [0.2, 0.25) is 0 Å². The van der Waals surface area contributed by atoms with Gasteiger partial charge < -0.3 is 20.8 Å². The van der Waals surface area contributed by atoms with Gasteiger partial charge in [-0.15, -0.1) is 0 Å². The monoisotopic (exact) mass is 396 g/mol. The second-order valence-corrected chi connectivity index (χ2v) is 8.50. The summed E-state index contributed by atoms with van der Waals surface area (Å²) in [6.45, 7) is 3.34. The van der Waals surface area contributed by atoms with Gasteiger partial charge in [0.25, 0.3) is 0 Å². The van der Waals surface area contributed by atoms with Gasteiger partial charge in [0.1, 0.15) is 0 Å². The first-order valence-corrected chi connectivity index (χ1v) is 10.4. The SMILES string of the molecule is CC1=CC2=C3CCC=C4NCC(=C43)CC2C(CC2CC2)N1.O=C(O)/C=C\C(=O)O. The second-order valence-electron chi connectivity index (χ2n) is 8.50. The van der Waals surface area contributed by atoms with E-state index >= 15 is 0 Å². The van der Waals surface area contributed by atoms with Crippen LogP contribution in [0.4, 0.5) is 0 Å². The molecule has 0 amide bonds. The van der Waals surface area contributed by atoms with Crippen LogP contribution < -0.4 is 10.6 Å². The molecule has 1 saturated carbocycles. The van der Waals surface area contributed by atoms with Crippen molar-refractivity contribution in [3.05, 3.63) is 58.0 Å². The molecule has 0 aromatic carbocycles. The molecule has 0 aromatic heterocycles. The van der Waals surface area contributed by atoms with Crippen molar-refractivity contribution in [2.75, 3.05) is 6.54 Å². The number of fused-ring (bicyclic) bond motifs is 1. The van der Waals surface area contributed by atoms with Crippen LogP contribution in [0.3, 0.4) is 0 Å². The number of carbonyl (C=O) groups is 2. The van der Waals surface area contributed by atoms with E-state index in [4.69, 9.17) is 10.2 Å². The first kappa shape index (κ1) is 19.6. The molecular formula is C23H28N2O4. The number of allylic oxidation sites excluding steroid dienone is 4. The summed E-state index contributed by atoms with van der Waals surface area (Å²) in [7, 11) is 0. The lowest BCUT2D eigenvalue weighted by atomic mass is 9.70. The molecule has 2 atom stereocenters. The van der Waals surface area contributed by atoms with Crippen molar-refractivity contribution in [2.45, 2.75) is 51.5 Å². The third kappa shape index (κ3) is 4.31. The fourth-order valence-corrected chi connectivity index (χ4v) is 4.97. The van der Waals surface area contributed by atoms with Gasteiger partial charge in [0, 0.05) is 47.6 Å². The molecule has 0 bridgehead atoms. The molecule has 1 fully saturated rings. The van der Waals surface area contributed by atoms with Gasteiger partial charge in [0.05, 0.1) is 0 Å². The number of nitrogens with one attached hydrogen (secondary N) is 2. The van der Waals surface area contributed by atoms with Crippen molar-refractivity contribution in [1.29, 1.82) is 0 Å². The van der Waals surface area contributed by atoms with Gasteiger partial charge in [-0.1, -0.05) is 18.9 Å². The van der Waals surface area contributed by atoms with Crippen LogP contribution in [0.5, 0.6) is 0 Å². The van der Waals surface area contributed by atoms with Gasteiger partial charge >= 0.3 is 11.9 Å². The minimum absolute atomic E-state index is 0.558. The summed E-state index contributed by atoms with van der Waals surface area (Å²) in [5.74, 6) is -0.791. The highest BCUT2D eigenvalue weighted by atomic mass is 16.4. The van der Waals surface area contributed by atoms with Crippen molar-refractivity contribution in [3.8, 4) is 0 Å². The summed E-state index contributed by atoms with van der Waals surface area (Å²) in [4.78, 5) is 19.1. The Morgan fingerprint density at radius 2 is 1.93 bits per heavy atom. The first-order valence-electron chi connectivity index (χ1n) is 10.4. The van der Waals surface area contributed by atoms with E-state index in [2.05, 4.69) is 29.7 Å². The lowest BCUT2D eigenvalue weighted by Crippen LogP contribution is -2.41. The average Bonchev–Trinajstić information content (AvgIpc) is 3.40. The first-order chi connectivity index (χ1) is 13.9. The Kier molecular flexibility index (Phi) is 5.35. The van der Waals surface area contributed by atoms with Gasteiger partial charge in [-0.2, -0.15) is 0 Å². The third-order valence-corrected chi connectivity index (χ3v) is 6.30. The highest BCUT2D eigenvalue weighted by Crippen LogP contribution is 2.48. The Morgan fingerprint density at radius 3 is 2.59 bits per heavy atom. The fourth-order valence-electron chi connectivity index (χ4n) is 4.97. The summed E-state index contributed by atoms with van der Waals surface area (Å²) in [6, 6.07) is 0.675. The van der Waals surface area contributed by atoms with E-state index in [1.54, 1.807) is 22.3 Å². The van der Waals surface area contributed by atoms with Gasteiger partial charge in [-0.05, 0) is 61.3 Å². The van der Waals surface area contributed by atoms with E-state index < -0.39 is 11.9 Å². The van der Waals surface area contributed by atoms with Crippen LogP contribution >= 0.6 is 0 Å². The maximum atomic E-state index is 9.55. The van der Waals surface area contributed by atoms with E-state index in [1.807, 2.05) is 0 Å². The van der Waals surface area contributed by atoms with Crippen molar-refractivity contribution in [2.24, 2.45) is 11.8 Å². The Balaban J connectivity index is 0.000000221. The quantitative estimate of drug-likeness (QED) is 0.545. The zero-order valence-corrected chi connectivity index (χ0v) is 16.7. The molecular weight excluding hydrogens is 368 g/mol. The number of carboxylic acids is 2. The van der Waals surface area contributed by atoms with Crippen molar-refractivity contribution in [3.63, 3.8) is 0 Å². The molecule has 0 aromatic rings. The molecule has 0 radical (unpaired) electrons. The largest absolute Gasteiger partial charge is 0.478 e. The number of carboxylic acid groups (broad SMARTS) is 2. The fraction of sp³-hybridized carbons (Fsp3) is 0.478. The highest BCUT2D eigenvalue weighted by Gasteiger charge is 2.40. The molecule has 2 aliphatic heterocycles. The molecule has 154 valence electrons. The Bertz CT molecular complexity index is 871. The molecule has 6 nitrogen and oxygen atoms in total. The normalized spacial score (nSPS) is 27.1. The predicted molar refractivity (Wildman–Crippen MR) is 110 cm³/mol. The van der Waals surface area contributed by atoms with Crippen LogP contribution in [0.15, 0.2) is 58.0 Å². The topological polar surface area (TPSA) is 98.7 Å². The van der Waals surface area contributed by atoms with Crippen LogP contribution in [0.1, 0.15) is 45.4 Å². The summed E-state index contributed by atoms with van der Waals surface area (Å²) < 4.78 is 0. The molecule has 5 rings (SSSR count). The van der Waals surface area contributed by atoms with E-state index in [1.165, 1.54) is 49.9 Å². The summed E-state index contributed by atoms with van der Waals surface area (Å²) >= 11 is 0. The van der Waals surface area contributed by atoms with Crippen molar-refractivity contribution >= 4 is 11.9 Å². The molecule has 0 saturated heterocycles. The molecule has 4 N–H and O–H groups in total. The van der Waals surface area contributed by atoms with E-state index in [0.717, 1.165) is 18.4 Å². The molecule has 6 heteroatoms. The minimum Gasteiger partial charge on any atom is -0.478 e. The van der Waals surface area contributed by atoms with Gasteiger partial charge in [0.15, 0.2) is 0 Å². The van der Waals surface area contributed by atoms with Gasteiger partial charge in [0.2, 0.25) is 0 Å². The number of rotatable bonds is 4. The lowest BCUT2D eigenvalue weighted by Gasteiger charge is -2.39. The molecule has 3 aliphatic carbocycles. The highest BCUT2D eigenvalue weighted by molar-refractivity contribution is 5.89. The van der Waals surface area contributed by atoms with E-state index in [0.29, 0.717) is 18.2 Å². The summed E-state index contributed by atoms with van der Waals surface area (Å²) in [5, 5.41) is 23.1. The Morgan fingerprint density at radius 1 is 1.21 bits per heavy atom. The Hall–Kier alpha value is -2.76. The molecule has 29 heavy (non-hydrogen) atoms. The van der Waals surface area contributed by atoms with Crippen molar-refractivity contribution < 1.29 is 19.8 Å². The zero-order chi connectivity index (χ0) is 20.5. The maximum Gasteiger partial charge on any atom is 0.328 e. The number of hydrogen-bond acceptors (Lipinski definition) is 4. The Labute approximate surface area is 170 Å². The van der Waals surface area contributed by atoms with Crippen molar-refractivity contribution in [1.82, 2.24) is 10.6 Å². The summed E-state index contributed by atoms with van der Waals surface area (Å²) in [5.41, 5.74) is 9.44. The standard InChI is InChI=1S/C19H24N2.C4H4O4/c1-11-7-15-14-3-2-4-17-19(14)13(10-20-17)9-16(15)18(21-11)8-12-5-6-12;5-3(6)1-2-4(7)8/h4,7,12,16,18,20-21H,2-3,5-6,8-10H2,1H3;1-2H,(H,5,6)(H,7,8)/b;2-1-. The second kappa shape index (κ2) is 7.93. The number of aliphatic carboxylic acids is 2. The molecule has 0 spiro atoms. The summed E-state index contributed by atoms with van der Waals surface area (Å²) in [6.07, 6.45) is 14.0. The van der Waals surface area contributed by atoms with Crippen LogP contribution in [-0.2, 0) is 9.59 Å². The van der Waals surface area contributed by atoms with Crippen LogP contribution in [0.25, 0.3) is 0 Å². The van der Waals surface area contributed by atoms with Gasteiger partial charge in [-0.3, -0.25) is 0 Å².